The monoisotopic (exact) mass is 490 g/mol. The SMILES string of the molecule is CCOC(=O)c1cnn(-c2cccc(NC(=O)NCCS(=O)(=O)c3ccc(Cl)cc3)c2)c1C. The van der Waals surface area contributed by atoms with Crippen LogP contribution in [0, 0.1) is 6.92 Å². The molecule has 0 aliphatic carbocycles. The topological polar surface area (TPSA) is 119 Å². The van der Waals surface area contributed by atoms with Crippen LogP contribution < -0.4 is 10.6 Å². The third-order valence-corrected chi connectivity index (χ3v) is 6.67. The maximum atomic E-state index is 12.4. The van der Waals surface area contributed by atoms with Gasteiger partial charge in [0.15, 0.2) is 9.84 Å². The molecule has 2 amide bonds. The Morgan fingerprint density at radius 2 is 1.88 bits per heavy atom. The van der Waals surface area contributed by atoms with E-state index in [9.17, 15) is 18.0 Å². The van der Waals surface area contributed by atoms with Gasteiger partial charge in [0.1, 0.15) is 5.56 Å². The van der Waals surface area contributed by atoms with E-state index in [1.54, 1.807) is 42.8 Å². The lowest BCUT2D eigenvalue weighted by Gasteiger charge is -2.11. The average Bonchev–Trinajstić information content (AvgIpc) is 3.15. The number of sulfone groups is 1. The Labute approximate surface area is 196 Å². The number of hydrogen-bond acceptors (Lipinski definition) is 6. The van der Waals surface area contributed by atoms with E-state index in [1.165, 1.54) is 30.5 Å². The van der Waals surface area contributed by atoms with Crippen molar-refractivity contribution in [2.75, 3.05) is 24.2 Å². The van der Waals surface area contributed by atoms with E-state index in [2.05, 4.69) is 15.7 Å². The largest absolute Gasteiger partial charge is 0.462 e. The molecule has 3 aromatic rings. The van der Waals surface area contributed by atoms with Gasteiger partial charge in [-0.2, -0.15) is 5.10 Å². The molecule has 3 rings (SSSR count). The Morgan fingerprint density at radius 3 is 2.58 bits per heavy atom. The zero-order valence-corrected chi connectivity index (χ0v) is 19.6. The van der Waals surface area contributed by atoms with Crippen LogP contribution in [0.3, 0.4) is 0 Å². The second-order valence-electron chi connectivity index (χ2n) is 6.98. The summed E-state index contributed by atoms with van der Waals surface area (Å²) < 4.78 is 31.3. The summed E-state index contributed by atoms with van der Waals surface area (Å²) in [5, 5.41) is 9.87. The first-order valence-electron chi connectivity index (χ1n) is 10.1. The van der Waals surface area contributed by atoms with Gasteiger partial charge in [0.25, 0.3) is 0 Å². The van der Waals surface area contributed by atoms with Crippen LogP contribution in [0.15, 0.2) is 59.6 Å². The molecule has 0 atom stereocenters. The molecule has 2 N–H and O–H groups in total. The molecule has 0 aliphatic heterocycles. The first-order valence-corrected chi connectivity index (χ1v) is 12.1. The van der Waals surface area contributed by atoms with E-state index >= 15 is 0 Å². The fraction of sp³-hybridized carbons (Fsp3) is 0.227. The second kappa shape index (κ2) is 10.5. The number of ether oxygens (including phenoxy) is 1. The van der Waals surface area contributed by atoms with Crippen molar-refractivity contribution < 1.29 is 22.7 Å². The van der Waals surface area contributed by atoms with Crippen molar-refractivity contribution in [3.05, 3.63) is 71.0 Å². The van der Waals surface area contributed by atoms with Crippen molar-refractivity contribution in [3.63, 3.8) is 0 Å². The molecule has 0 aliphatic rings. The molecule has 2 aromatic carbocycles. The van der Waals surface area contributed by atoms with Crippen molar-refractivity contribution in [3.8, 4) is 5.69 Å². The highest BCUT2D eigenvalue weighted by molar-refractivity contribution is 7.91. The zero-order chi connectivity index (χ0) is 24.0. The Balaban J connectivity index is 1.61. The molecular weight excluding hydrogens is 468 g/mol. The number of nitrogens with zero attached hydrogens (tertiary/aromatic N) is 2. The number of amides is 2. The fourth-order valence-corrected chi connectivity index (χ4v) is 4.31. The van der Waals surface area contributed by atoms with E-state index in [1.807, 2.05) is 0 Å². The van der Waals surface area contributed by atoms with Crippen molar-refractivity contribution in [2.45, 2.75) is 18.7 Å². The molecule has 0 saturated carbocycles. The van der Waals surface area contributed by atoms with E-state index in [4.69, 9.17) is 16.3 Å². The van der Waals surface area contributed by atoms with E-state index in [0.29, 0.717) is 27.7 Å². The lowest BCUT2D eigenvalue weighted by molar-refractivity contribution is 0.0525. The molecule has 0 fully saturated rings. The van der Waals surface area contributed by atoms with Crippen molar-refractivity contribution in [1.82, 2.24) is 15.1 Å². The van der Waals surface area contributed by atoms with E-state index < -0.39 is 21.8 Å². The summed E-state index contributed by atoms with van der Waals surface area (Å²) in [6.07, 6.45) is 1.43. The number of carbonyl (C=O) groups is 2. The number of urea groups is 1. The summed E-state index contributed by atoms with van der Waals surface area (Å²) in [7, 11) is -3.55. The molecule has 0 bridgehead atoms. The van der Waals surface area contributed by atoms with Crippen molar-refractivity contribution >= 4 is 39.1 Å². The number of rotatable bonds is 8. The Morgan fingerprint density at radius 1 is 1.15 bits per heavy atom. The molecule has 1 heterocycles. The molecular formula is C22H23ClN4O5S. The lowest BCUT2D eigenvalue weighted by atomic mass is 10.2. The van der Waals surface area contributed by atoms with Gasteiger partial charge < -0.3 is 15.4 Å². The van der Waals surface area contributed by atoms with Gasteiger partial charge in [-0.15, -0.1) is 0 Å². The Hall–Kier alpha value is -3.37. The number of hydrogen-bond donors (Lipinski definition) is 2. The summed E-state index contributed by atoms with van der Waals surface area (Å²) >= 11 is 5.79. The second-order valence-corrected chi connectivity index (χ2v) is 9.53. The highest BCUT2D eigenvalue weighted by atomic mass is 35.5. The van der Waals surface area contributed by atoms with Crippen LogP contribution in [0.2, 0.25) is 5.02 Å². The Kier molecular flexibility index (Phi) is 7.72. The number of nitrogens with one attached hydrogen (secondary N) is 2. The highest BCUT2D eigenvalue weighted by Crippen LogP contribution is 2.19. The van der Waals surface area contributed by atoms with Crippen LogP contribution >= 0.6 is 11.6 Å². The number of anilines is 1. The molecule has 0 unspecified atom stereocenters. The molecule has 9 nitrogen and oxygen atoms in total. The summed E-state index contributed by atoms with van der Waals surface area (Å²) in [5.41, 5.74) is 2.06. The van der Waals surface area contributed by atoms with Crippen LogP contribution in [0.1, 0.15) is 23.0 Å². The molecule has 0 spiro atoms. The first kappa shape index (κ1) is 24.3. The molecule has 0 radical (unpaired) electrons. The van der Waals surface area contributed by atoms with Crippen LogP contribution in [-0.2, 0) is 14.6 Å². The predicted molar refractivity (Wildman–Crippen MR) is 125 cm³/mol. The smallest absolute Gasteiger partial charge is 0.341 e. The molecule has 174 valence electrons. The van der Waals surface area contributed by atoms with Gasteiger partial charge in [-0.1, -0.05) is 17.7 Å². The van der Waals surface area contributed by atoms with Gasteiger partial charge >= 0.3 is 12.0 Å². The van der Waals surface area contributed by atoms with Gasteiger partial charge in [-0.05, 0) is 56.3 Å². The van der Waals surface area contributed by atoms with Gasteiger partial charge in [0, 0.05) is 17.3 Å². The van der Waals surface area contributed by atoms with Crippen LogP contribution in [-0.4, -0.2) is 49.1 Å². The van der Waals surface area contributed by atoms with Gasteiger partial charge in [-0.25, -0.2) is 22.7 Å². The van der Waals surface area contributed by atoms with Crippen LogP contribution in [0.25, 0.3) is 5.69 Å². The average molecular weight is 491 g/mol. The number of esters is 1. The predicted octanol–water partition coefficient (Wildman–Crippen LogP) is 3.61. The first-order chi connectivity index (χ1) is 15.7. The third kappa shape index (κ3) is 6.11. The standard InChI is InChI=1S/C22H23ClN4O5S/c1-3-32-21(28)20-14-25-27(15(20)2)18-6-4-5-17(13-18)26-22(29)24-11-12-33(30,31)19-9-7-16(23)8-10-19/h4-10,13-14H,3,11-12H2,1-2H3,(H2,24,26,29). The number of carbonyl (C=O) groups excluding carboxylic acids is 2. The minimum atomic E-state index is -3.55. The van der Waals surface area contributed by atoms with Gasteiger partial charge in [0.05, 0.1) is 34.8 Å². The quantitative estimate of drug-likeness (QED) is 0.465. The Bertz CT molecular complexity index is 1260. The number of aromatic nitrogens is 2. The van der Waals surface area contributed by atoms with Crippen molar-refractivity contribution in [2.24, 2.45) is 0 Å². The van der Waals surface area contributed by atoms with Gasteiger partial charge in [0.2, 0.25) is 0 Å². The van der Waals surface area contributed by atoms with E-state index in [-0.39, 0.29) is 23.8 Å². The fourth-order valence-electron chi connectivity index (χ4n) is 3.03. The summed E-state index contributed by atoms with van der Waals surface area (Å²) in [4.78, 5) is 24.4. The zero-order valence-electron chi connectivity index (χ0n) is 18.0. The third-order valence-electron chi connectivity index (χ3n) is 4.68. The normalized spacial score (nSPS) is 11.1. The minimum absolute atomic E-state index is 0.0718. The van der Waals surface area contributed by atoms with Crippen LogP contribution in [0.5, 0.6) is 0 Å². The van der Waals surface area contributed by atoms with Crippen LogP contribution in [0.4, 0.5) is 10.5 Å². The number of halogens is 1. The molecule has 11 heteroatoms. The maximum Gasteiger partial charge on any atom is 0.341 e. The summed E-state index contributed by atoms with van der Waals surface area (Å²) in [6.45, 7) is 3.66. The summed E-state index contributed by atoms with van der Waals surface area (Å²) in [5.74, 6) is -0.714. The molecule has 33 heavy (non-hydrogen) atoms. The lowest BCUT2D eigenvalue weighted by Crippen LogP contribution is -2.32. The van der Waals surface area contributed by atoms with Gasteiger partial charge in [-0.3, -0.25) is 0 Å². The highest BCUT2D eigenvalue weighted by Gasteiger charge is 2.17. The minimum Gasteiger partial charge on any atom is -0.462 e. The number of benzene rings is 2. The maximum absolute atomic E-state index is 12.4. The van der Waals surface area contributed by atoms with E-state index in [0.717, 1.165) is 0 Å². The van der Waals surface area contributed by atoms with Crippen molar-refractivity contribution in [1.29, 1.82) is 0 Å². The molecule has 1 aromatic heterocycles. The summed E-state index contributed by atoms with van der Waals surface area (Å²) in [6, 6.07) is 12.1. The molecule has 0 saturated heterocycles.